The van der Waals surface area contributed by atoms with E-state index in [9.17, 15) is 4.79 Å². The third-order valence-corrected chi connectivity index (χ3v) is 0.542. The molecular formula is C6H8O2Zn. The second-order valence-corrected chi connectivity index (χ2v) is 1.22. The molecule has 3 heteroatoms. The third kappa shape index (κ3) is 11.2. The first-order chi connectivity index (χ1) is 3.77. The molecule has 46 valence electrons. The molecule has 0 spiro atoms. The normalized spacial score (nSPS) is 9.89. The number of allylic oxidation sites excluding steroid dienone is 3. The number of hydrogen-bond donors (Lipinski definition) is 1. The number of aliphatic carboxylic acids is 1. The van der Waals surface area contributed by atoms with E-state index in [1.165, 1.54) is 6.08 Å². The molecule has 0 saturated heterocycles. The molecule has 1 N–H and O–H groups in total. The summed E-state index contributed by atoms with van der Waals surface area (Å²) < 4.78 is 0. The Balaban J connectivity index is 0. The van der Waals surface area contributed by atoms with Crippen LogP contribution in [0.15, 0.2) is 24.3 Å². The van der Waals surface area contributed by atoms with Crippen LogP contribution in [0.5, 0.6) is 0 Å². The summed E-state index contributed by atoms with van der Waals surface area (Å²) in [6.45, 7) is 1.83. The summed E-state index contributed by atoms with van der Waals surface area (Å²) >= 11 is 0. The van der Waals surface area contributed by atoms with Crippen molar-refractivity contribution in [1.82, 2.24) is 0 Å². The van der Waals surface area contributed by atoms with E-state index in [-0.39, 0.29) is 19.5 Å². The second-order valence-electron chi connectivity index (χ2n) is 1.22. The van der Waals surface area contributed by atoms with Gasteiger partial charge in [-0.25, -0.2) is 4.79 Å². The van der Waals surface area contributed by atoms with Gasteiger partial charge in [-0.3, -0.25) is 0 Å². The number of carboxylic acids is 1. The summed E-state index contributed by atoms with van der Waals surface area (Å²) in [6.07, 6.45) is 5.98. The van der Waals surface area contributed by atoms with Gasteiger partial charge in [0, 0.05) is 25.6 Å². The van der Waals surface area contributed by atoms with Crippen molar-refractivity contribution in [3.63, 3.8) is 0 Å². The molecular weight excluding hydrogens is 169 g/mol. The van der Waals surface area contributed by atoms with Gasteiger partial charge in [0.05, 0.1) is 0 Å². The molecule has 0 aliphatic heterocycles. The van der Waals surface area contributed by atoms with Crippen LogP contribution in [-0.2, 0) is 24.3 Å². The average Bonchev–Trinajstić information content (AvgIpc) is 1.66. The van der Waals surface area contributed by atoms with E-state index in [1.54, 1.807) is 12.2 Å². The van der Waals surface area contributed by atoms with Gasteiger partial charge in [-0.1, -0.05) is 18.2 Å². The van der Waals surface area contributed by atoms with E-state index in [1.807, 2.05) is 6.92 Å². The standard InChI is InChI=1S/C6H8O2.Zn/c1-2-3-4-5-6(7)8;/h2-5H,1H3,(H,7,8);. The van der Waals surface area contributed by atoms with E-state index in [0.717, 1.165) is 6.08 Å². The zero-order valence-electron chi connectivity index (χ0n) is 5.37. The topological polar surface area (TPSA) is 37.3 Å². The van der Waals surface area contributed by atoms with Crippen molar-refractivity contribution >= 4 is 5.97 Å². The van der Waals surface area contributed by atoms with Gasteiger partial charge in [0.1, 0.15) is 0 Å². The first-order valence-electron chi connectivity index (χ1n) is 2.29. The van der Waals surface area contributed by atoms with Crippen molar-refractivity contribution in [2.75, 3.05) is 0 Å². The molecule has 0 unspecified atom stereocenters. The summed E-state index contributed by atoms with van der Waals surface area (Å²) in [5.41, 5.74) is 0. The molecule has 0 radical (unpaired) electrons. The van der Waals surface area contributed by atoms with Crippen molar-refractivity contribution in [2.45, 2.75) is 6.92 Å². The second kappa shape index (κ2) is 7.57. The van der Waals surface area contributed by atoms with Crippen LogP contribution in [0.3, 0.4) is 0 Å². The zero-order chi connectivity index (χ0) is 6.41. The summed E-state index contributed by atoms with van der Waals surface area (Å²) in [5.74, 6) is -0.914. The van der Waals surface area contributed by atoms with E-state index in [4.69, 9.17) is 5.11 Å². The molecule has 0 aromatic rings. The molecule has 0 aliphatic carbocycles. The van der Waals surface area contributed by atoms with E-state index >= 15 is 0 Å². The molecule has 0 aromatic heterocycles. The van der Waals surface area contributed by atoms with Gasteiger partial charge in [0.15, 0.2) is 0 Å². The van der Waals surface area contributed by atoms with Crippen LogP contribution >= 0.6 is 0 Å². The Labute approximate surface area is 67.0 Å². The van der Waals surface area contributed by atoms with E-state index < -0.39 is 5.97 Å². The van der Waals surface area contributed by atoms with E-state index in [2.05, 4.69) is 0 Å². The Bertz CT molecular complexity index is 127. The van der Waals surface area contributed by atoms with Gasteiger partial charge in [0.2, 0.25) is 0 Å². The predicted molar refractivity (Wildman–Crippen MR) is 31.6 cm³/mol. The van der Waals surface area contributed by atoms with Gasteiger partial charge < -0.3 is 5.11 Å². The molecule has 0 fully saturated rings. The van der Waals surface area contributed by atoms with Crippen LogP contribution < -0.4 is 0 Å². The fourth-order valence-electron chi connectivity index (χ4n) is 0.249. The number of carboxylic acid groups (broad SMARTS) is 1. The molecule has 0 saturated carbocycles. The van der Waals surface area contributed by atoms with Crippen molar-refractivity contribution in [3.05, 3.63) is 24.3 Å². The smallest absolute Gasteiger partial charge is 0.328 e. The maximum absolute atomic E-state index is 9.75. The van der Waals surface area contributed by atoms with Crippen LogP contribution in [0.1, 0.15) is 6.92 Å². The zero-order valence-corrected chi connectivity index (χ0v) is 8.34. The van der Waals surface area contributed by atoms with Crippen molar-refractivity contribution in [3.8, 4) is 0 Å². The van der Waals surface area contributed by atoms with Gasteiger partial charge in [-0.2, -0.15) is 0 Å². The maximum atomic E-state index is 9.75. The largest absolute Gasteiger partial charge is 0.478 e. The van der Waals surface area contributed by atoms with Gasteiger partial charge in [-0.05, 0) is 6.92 Å². The Morgan fingerprint density at radius 2 is 2.00 bits per heavy atom. The summed E-state index contributed by atoms with van der Waals surface area (Å²) in [7, 11) is 0. The fourth-order valence-corrected chi connectivity index (χ4v) is 0.249. The number of hydrogen-bond acceptors (Lipinski definition) is 1. The van der Waals surface area contributed by atoms with Gasteiger partial charge in [0.25, 0.3) is 0 Å². The van der Waals surface area contributed by atoms with Crippen molar-refractivity contribution < 1.29 is 29.4 Å². The molecule has 0 aromatic carbocycles. The van der Waals surface area contributed by atoms with Crippen LogP contribution in [0.2, 0.25) is 0 Å². The van der Waals surface area contributed by atoms with Gasteiger partial charge in [-0.15, -0.1) is 0 Å². The van der Waals surface area contributed by atoms with Crippen LogP contribution in [0.4, 0.5) is 0 Å². The molecule has 2 nitrogen and oxygen atoms in total. The minimum atomic E-state index is -0.914. The first kappa shape index (κ1) is 11.4. The minimum absolute atomic E-state index is 0. The maximum Gasteiger partial charge on any atom is 0.328 e. The average molecular weight is 178 g/mol. The molecule has 0 heterocycles. The van der Waals surface area contributed by atoms with Crippen molar-refractivity contribution in [1.29, 1.82) is 0 Å². The van der Waals surface area contributed by atoms with Crippen LogP contribution in [0.25, 0.3) is 0 Å². The predicted octanol–water partition coefficient (Wildman–Crippen LogP) is 1.20. The van der Waals surface area contributed by atoms with Crippen LogP contribution in [0, 0.1) is 0 Å². The minimum Gasteiger partial charge on any atom is -0.478 e. The monoisotopic (exact) mass is 176 g/mol. The Hall–Kier alpha value is -0.427. The molecule has 0 atom stereocenters. The van der Waals surface area contributed by atoms with E-state index in [0.29, 0.717) is 0 Å². The van der Waals surface area contributed by atoms with Gasteiger partial charge >= 0.3 is 5.97 Å². The summed E-state index contributed by atoms with van der Waals surface area (Å²) in [5, 5.41) is 8.02. The Kier molecular flexibility index (Phi) is 9.58. The quantitative estimate of drug-likeness (QED) is 0.391. The summed E-state index contributed by atoms with van der Waals surface area (Å²) in [6, 6.07) is 0. The molecule has 0 bridgehead atoms. The third-order valence-electron chi connectivity index (χ3n) is 0.542. The number of rotatable bonds is 2. The molecule has 0 aliphatic rings. The van der Waals surface area contributed by atoms with Crippen LogP contribution in [-0.4, -0.2) is 11.1 Å². The fraction of sp³-hybridized carbons (Fsp3) is 0.167. The molecule has 0 rings (SSSR count). The number of carbonyl (C=O) groups is 1. The Morgan fingerprint density at radius 1 is 1.44 bits per heavy atom. The molecule has 9 heavy (non-hydrogen) atoms. The van der Waals surface area contributed by atoms with Crippen molar-refractivity contribution in [2.24, 2.45) is 0 Å². The molecule has 0 amide bonds. The first-order valence-corrected chi connectivity index (χ1v) is 2.29. The SMILES string of the molecule is CC=CC=CC(=O)O.[Zn]. The Morgan fingerprint density at radius 3 is 2.33 bits per heavy atom. The summed E-state index contributed by atoms with van der Waals surface area (Å²) in [4.78, 5) is 9.75.